The van der Waals surface area contributed by atoms with Crippen molar-refractivity contribution in [3.8, 4) is 0 Å². The van der Waals surface area contributed by atoms with Crippen molar-refractivity contribution in [2.24, 2.45) is 0 Å². The molecule has 5 nitrogen and oxygen atoms in total. The molecular weight excluding hydrogens is 264 g/mol. The van der Waals surface area contributed by atoms with Crippen LogP contribution in [0.15, 0.2) is 18.3 Å². The quantitative estimate of drug-likeness (QED) is 0.848. The Morgan fingerprint density at radius 2 is 1.95 bits per heavy atom. The number of aliphatic hydroxyl groups is 1. The molecule has 1 aliphatic rings. The monoisotopic (exact) mass is 292 g/mol. The average molecular weight is 292 g/mol. The van der Waals surface area contributed by atoms with Crippen LogP contribution in [0.4, 0.5) is 5.69 Å². The van der Waals surface area contributed by atoms with E-state index in [4.69, 9.17) is 0 Å². The summed E-state index contributed by atoms with van der Waals surface area (Å²) in [7, 11) is 6.48. The van der Waals surface area contributed by atoms with Gasteiger partial charge in [-0.3, -0.25) is 4.98 Å². The summed E-state index contributed by atoms with van der Waals surface area (Å²) in [6.07, 6.45) is 4.18. The topological polar surface area (TPSA) is 42.8 Å². The molecule has 2 rings (SSSR count). The van der Waals surface area contributed by atoms with Crippen molar-refractivity contribution >= 4 is 5.69 Å². The minimum absolute atomic E-state index is 0.0115. The van der Waals surface area contributed by atoms with E-state index in [0.717, 1.165) is 31.9 Å². The Balaban J connectivity index is 1.85. The number of likely N-dealkylation sites (N-methyl/N-ethyl adjacent to an activating group) is 2. The van der Waals surface area contributed by atoms with Crippen molar-refractivity contribution in [2.75, 3.05) is 52.2 Å². The van der Waals surface area contributed by atoms with Gasteiger partial charge in [-0.05, 0) is 46.1 Å². The summed E-state index contributed by atoms with van der Waals surface area (Å²) in [5.74, 6) is 0. The molecule has 0 atom stereocenters. The normalized spacial score (nSPS) is 17.0. The van der Waals surface area contributed by atoms with Crippen LogP contribution in [0.25, 0.3) is 0 Å². The van der Waals surface area contributed by atoms with Crippen LogP contribution in [-0.2, 0) is 6.61 Å². The number of aliphatic hydroxyl groups excluding tert-OH is 1. The van der Waals surface area contributed by atoms with Crippen molar-refractivity contribution in [2.45, 2.75) is 25.5 Å². The predicted molar refractivity (Wildman–Crippen MR) is 86.6 cm³/mol. The lowest BCUT2D eigenvalue weighted by molar-refractivity contribution is 0.190. The molecule has 1 aromatic heterocycles. The van der Waals surface area contributed by atoms with Crippen LogP contribution in [0, 0.1) is 0 Å². The molecule has 0 aromatic carbocycles. The molecular formula is C16H28N4O. The molecule has 5 heteroatoms. The smallest absolute Gasteiger partial charge is 0.0853 e. The Labute approximate surface area is 128 Å². The molecule has 0 amide bonds. The average Bonchev–Trinajstić information content (AvgIpc) is 2.52. The molecule has 1 aliphatic heterocycles. The number of anilines is 1. The number of pyridine rings is 1. The summed E-state index contributed by atoms with van der Waals surface area (Å²) in [5, 5.41) is 9.19. The lowest BCUT2D eigenvalue weighted by Crippen LogP contribution is -2.45. The first kappa shape index (κ1) is 16.2. The number of hydrogen-bond donors (Lipinski definition) is 1. The third-order valence-electron chi connectivity index (χ3n) is 4.32. The van der Waals surface area contributed by atoms with Crippen molar-refractivity contribution < 1.29 is 5.11 Å². The molecule has 0 radical (unpaired) electrons. The lowest BCUT2D eigenvalue weighted by Gasteiger charge is -2.38. The van der Waals surface area contributed by atoms with Gasteiger partial charge >= 0.3 is 0 Å². The van der Waals surface area contributed by atoms with Gasteiger partial charge in [0, 0.05) is 44.1 Å². The van der Waals surface area contributed by atoms with E-state index in [2.05, 4.69) is 40.8 Å². The van der Waals surface area contributed by atoms with Gasteiger partial charge in [0.05, 0.1) is 12.3 Å². The fraction of sp³-hybridized carbons (Fsp3) is 0.688. The van der Waals surface area contributed by atoms with Gasteiger partial charge in [-0.2, -0.15) is 0 Å². The molecule has 0 aliphatic carbocycles. The van der Waals surface area contributed by atoms with E-state index in [-0.39, 0.29) is 6.61 Å². The number of aromatic nitrogens is 1. The van der Waals surface area contributed by atoms with E-state index in [1.165, 1.54) is 18.5 Å². The summed E-state index contributed by atoms with van der Waals surface area (Å²) in [4.78, 5) is 11.3. The Morgan fingerprint density at radius 1 is 1.24 bits per heavy atom. The largest absolute Gasteiger partial charge is 0.390 e. The first-order valence-corrected chi connectivity index (χ1v) is 7.76. The Morgan fingerprint density at radius 3 is 2.57 bits per heavy atom. The van der Waals surface area contributed by atoms with Crippen molar-refractivity contribution in [3.05, 3.63) is 24.0 Å². The minimum atomic E-state index is 0.0115. The number of hydrogen-bond acceptors (Lipinski definition) is 5. The molecule has 0 saturated carbocycles. The van der Waals surface area contributed by atoms with E-state index in [1.807, 2.05) is 12.1 Å². The third kappa shape index (κ3) is 4.66. The van der Waals surface area contributed by atoms with Gasteiger partial charge in [0.15, 0.2) is 0 Å². The molecule has 1 saturated heterocycles. The highest BCUT2D eigenvalue weighted by molar-refractivity contribution is 5.46. The van der Waals surface area contributed by atoms with Crippen LogP contribution in [0.2, 0.25) is 0 Å². The number of nitrogens with zero attached hydrogens (tertiary/aromatic N) is 4. The van der Waals surface area contributed by atoms with Crippen molar-refractivity contribution in [1.29, 1.82) is 0 Å². The molecule has 1 aromatic rings. The summed E-state index contributed by atoms with van der Waals surface area (Å²) >= 11 is 0. The summed E-state index contributed by atoms with van der Waals surface area (Å²) in [5.41, 5.74) is 1.93. The highest BCUT2D eigenvalue weighted by Crippen LogP contribution is 2.22. The van der Waals surface area contributed by atoms with Crippen LogP contribution >= 0.6 is 0 Å². The highest BCUT2D eigenvalue weighted by Gasteiger charge is 2.22. The van der Waals surface area contributed by atoms with E-state index in [1.54, 1.807) is 6.20 Å². The fourth-order valence-electron chi connectivity index (χ4n) is 2.85. The van der Waals surface area contributed by atoms with Gasteiger partial charge in [0.1, 0.15) is 0 Å². The van der Waals surface area contributed by atoms with Crippen LogP contribution in [0.5, 0.6) is 0 Å². The molecule has 0 spiro atoms. The van der Waals surface area contributed by atoms with Gasteiger partial charge in [-0.25, -0.2) is 0 Å². The molecule has 1 N–H and O–H groups in total. The molecule has 2 heterocycles. The van der Waals surface area contributed by atoms with Gasteiger partial charge in [-0.15, -0.1) is 0 Å². The number of piperidine rings is 1. The zero-order valence-electron chi connectivity index (χ0n) is 13.5. The Bertz CT molecular complexity index is 430. The van der Waals surface area contributed by atoms with Crippen LogP contribution in [-0.4, -0.2) is 73.3 Å². The lowest BCUT2D eigenvalue weighted by atomic mass is 10.0. The third-order valence-corrected chi connectivity index (χ3v) is 4.32. The second kappa shape index (κ2) is 7.73. The van der Waals surface area contributed by atoms with Crippen molar-refractivity contribution in [1.82, 2.24) is 14.8 Å². The first-order valence-electron chi connectivity index (χ1n) is 7.76. The van der Waals surface area contributed by atoms with E-state index in [0.29, 0.717) is 6.04 Å². The molecule has 118 valence electrons. The zero-order chi connectivity index (χ0) is 15.2. The highest BCUT2D eigenvalue weighted by atomic mass is 16.3. The summed E-state index contributed by atoms with van der Waals surface area (Å²) in [6.45, 7) is 4.40. The molecule has 0 bridgehead atoms. The molecule has 1 fully saturated rings. The van der Waals surface area contributed by atoms with Crippen LogP contribution in [0.1, 0.15) is 18.5 Å². The second-order valence-corrected chi connectivity index (χ2v) is 6.17. The zero-order valence-corrected chi connectivity index (χ0v) is 13.5. The minimum Gasteiger partial charge on any atom is -0.390 e. The Hall–Kier alpha value is -1.17. The van der Waals surface area contributed by atoms with Gasteiger partial charge in [0.2, 0.25) is 0 Å². The molecule has 21 heavy (non-hydrogen) atoms. The maximum absolute atomic E-state index is 9.19. The summed E-state index contributed by atoms with van der Waals surface area (Å²) < 4.78 is 0. The van der Waals surface area contributed by atoms with Gasteiger partial charge < -0.3 is 19.8 Å². The van der Waals surface area contributed by atoms with E-state index in [9.17, 15) is 5.11 Å². The van der Waals surface area contributed by atoms with Gasteiger partial charge in [-0.1, -0.05) is 0 Å². The molecule has 0 unspecified atom stereocenters. The van der Waals surface area contributed by atoms with Crippen LogP contribution < -0.4 is 4.90 Å². The summed E-state index contributed by atoms with van der Waals surface area (Å²) in [6, 6.07) is 4.71. The van der Waals surface area contributed by atoms with Gasteiger partial charge in [0.25, 0.3) is 0 Å². The standard InChI is InChI=1S/C16H28N4O/c1-18(2)10-11-19(3)15-5-8-20(9-6-15)16-4-7-17-14(12-16)13-21/h4,7,12,15,21H,5-6,8-11,13H2,1-3H3. The predicted octanol–water partition coefficient (Wildman–Crippen LogP) is 1.04. The SMILES string of the molecule is CN(C)CCN(C)C1CCN(c2ccnc(CO)c2)CC1. The van der Waals surface area contributed by atoms with Crippen LogP contribution in [0.3, 0.4) is 0 Å². The second-order valence-electron chi connectivity index (χ2n) is 6.17. The first-order chi connectivity index (χ1) is 10.1. The Kier molecular flexibility index (Phi) is 5.96. The maximum atomic E-state index is 9.19. The number of rotatable bonds is 6. The maximum Gasteiger partial charge on any atom is 0.0853 e. The van der Waals surface area contributed by atoms with E-state index < -0.39 is 0 Å². The van der Waals surface area contributed by atoms with Crippen molar-refractivity contribution in [3.63, 3.8) is 0 Å². The van der Waals surface area contributed by atoms with E-state index >= 15 is 0 Å². The fourth-order valence-corrected chi connectivity index (χ4v) is 2.85.